The number of hydrogen-bond acceptors (Lipinski definition) is 6. The highest BCUT2D eigenvalue weighted by Gasteiger charge is 2.13. The first-order valence-electron chi connectivity index (χ1n) is 5.15. The minimum atomic E-state index is -1.23. The van der Waals surface area contributed by atoms with Crippen LogP contribution in [0, 0.1) is 10.1 Å². The molecule has 0 aliphatic heterocycles. The number of carbonyl (C=O) groups is 1. The summed E-state index contributed by atoms with van der Waals surface area (Å²) in [6.45, 7) is 0. The summed E-state index contributed by atoms with van der Waals surface area (Å²) in [6, 6.07) is 4.91. The summed E-state index contributed by atoms with van der Waals surface area (Å²) >= 11 is 3.17. The van der Waals surface area contributed by atoms with Crippen molar-refractivity contribution in [3.8, 4) is 11.8 Å². The Hall–Kier alpha value is -2.55. The molecule has 1 aromatic carbocycles. The fourth-order valence-electron chi connectivity index (χ4n) is 1.29. The minimum Gasteiger partial charge on any atom is -0.477 e. The van der Waals surface area contributed by atoms with Crippen molar-refractivity contribution in [1.82, 2.24) is 9.97 Å². The molecule has 102 valence electrons. The van der Waals surface area contributed by atoms with Gasteiger partial charge in [0.25, 0.3) is 5.69 Å². The average molecular weight is 340 g/mol. The van der Waals surface area contributed by atoms with Gasteiger partial charge >= 0.3 is 12.0 Å². The summed E-state index contributed by atoms with van der Waals surface area (Å²) in [6.07, 6.45) is 1.22. The molecule has 0 aliphatic rings. The Bertz CT molecular complexity index is 692. The SMILES string of the molecule is O=C(O)c1ccnc(Oc2cc([N+](=O)[O-])ccc2Br)n1. The lowest BCUT2D eigenvalue weighted by Gasteiger charge is -2.05. The Labute approximate surface area is 120 Å². The standard InChI is InChI=1S/C11H6BrN3O5/c12-7-2-1-6(15(18)19)5-9(7)20-11-13-4-3-8(14-11)10(16)17/h1-5H,(H,16,17). The third-order valence-corrected chi connectivity index (χ3v) is 2.83. The van der Waals surface area contributed by atoms with Gasteiger partial charge in [0.05, 0.1) is 15.5 Å². The number of carboxylic acid groups (broad SMARTS) is 1. The van der Waals surface area contributed by atoms with Crippen LogP contribution in [-0.4, -0.2) is 26.0 Å². The molecule has 0 bridgehead atoms. The largest absolute Gasteiger partial charge is 0.477 e. The molecule has 0 amide bonds. The Kier molecular flexibility index (Phi) is 3.89. The number of nitro benzene ring substituents is 1. The molecule has 1 heterocycles. The lowest BCUT2D eigenvalue weighted by Crippen LogP contribution is -2.02. The van der Waals surface area contributed by atoms with E-state index in [0.717, 1.165) is 0 Å². The van der Waals surface area contributed by atoms with Gasteiger partial charge in [-0.15, -0.1) is 0 Å². The quantitative estimate of drug-likeness (QED) is 0.672. The molecular weight excluding hydrogens is 334 g/mol. The number of benzene rings is 1. The molecule has 1 N–H and O–H groups in total. The molecule has 8 nitrogen and oxygen atoms in total. The first-order chi connectivity index (χ1) is 9.47. The van der Waals surface area contributed by atoms with Crippen LogP contribution in [-0.2, 0) is 0 Å². The van der Waals surface area contributed by atoms with Crippen molar-refractivity contribution >= 4 is 27.6 Å². The first kappa shape index (κ1) is 13.9. The van der Waals surface area contributed by atoms with Crippen LogP contribution in [0.25, 0.3) is 0 Å². The van der Waals surface area contributed by atoms with Gasteiger partial charge in [-0.25, -0.2) is 9.78 Å². The van der Waals surface area contributed by atoms with E-state index in [1.54, 1.807) is 0 Å². The second-order valence-corrected chi connectivity index (χ2v) is 4.36. The lowest BCUT2D eigenvalue weighted by molar-refractivity contribution is -0.384. The highest BCUT2D eigenvalue weighted by Crippen LogP contribution is 2.31. The molecule has 2 aromatic rings. The van der Waals surface area contributed by atoms with Crippen molar-refractivity contribution in [2.75, 3.05) is 0 Å². The second kappa shape index (κ2) is 5.61. The maximum absolute atomic E-state index is 10.8. The normalized spacial score (nSPS) is 10.1. The van der Waals surface area contributed by atoms with E-state index < -0.39 is 10.9 Å². The number of non-ortho nitro benzene ring substituents is 1. The van der Waals surface area contributed by atoms with Gasteiger partial charge in [-0.05, 0) is 28.1 Å². The maximum atomic E-state index is 10.8. The molecule has 9 heteroatoms. The zero-order chi connectivity index (χ0) is 14.7. The molecule has 0 atom stereocenters. The van der Waals surface area contributed by atoms with Gasteiger partial charge in [-0.3, -0.25) is 10.1 Å². The molecule has 0 aliphatic carbocycles. The molecule has 0 saturated heterocycles. The number of aromatic carboxylic acids is 1. The van der Waals surface area contributed by atoms with E-state index in [1.165, 1.54) is 30.5 Å². The molecule has 0 radical (unpaired) electrons. The Morgan fingerprint density at radius 2 is 2.15 bits per heavy atom. The number of halogens is 1. The summed E-state index contributed by atoms with van der Waals surface area (Å²) in [7, 11) is 0. The van der Waals surface area contributed by atoms with E-state index in [9.17, 15) is 14.9 Å². The summed E-state index contributed by atoms with van der Waals surface area (Å²) in [5.74, 6) is -1.11. The molecular formula is C11H6BrN3O5. The molecule has 0 spiro atoms. The van der Waals surface area contributed by atoms with Crippen LogP contribution in [0.2, 0.25) is 0 Å². The summed E-state index contributed by atoms with van der Waals surface area (Å²) < 4.78 is 5.71. The number of ether oxygens (including phenoxy) is 1. The Balaban J connectivity index is 2.34. The van der Waals surface area contributed by atoms with Crippen molar-refractivity contribution < 1.29 is 19.6 Å². The first-order valence-corrected chi connectivity index (χ1v) is 5.95. The van der Waals surface area contributed by atoms with Crippen molar-refractivity contribution in [1.29, 1.82) is 0 Å². The minimum absolute atomic E-state index is 0.113. The number of carboxylic acids is 1. The summed E-state index contributed by atoms with van der Waals surface area (Å²) in [5, 5.41) is 19.5. The van der Waals surface area contributed by atoms with Crippen molar-refractivity contribution in [3.63, 3.8) is 0 Å². The summed E-state index contributed by atoms with van der Waals surface area (Å²) in [4.78, 5) is 28.3. The molecule has 0 fully saturated rings. The maximum Gasteiger partial charge on any atom is 0.354 e. The van der Waals surface area contributed by atoms with E-state index in [4.69, 9.17) is 9.84 Å². The topological polar surface area (TPSA) is 115 Å². The third-order valence-electron chi connectivity index (χ3n) is 2.18. The van der Waals surface area contributed by atoms with Gasteiger partial charge in [-0.1, -0.05) is 0 Å². The highest BCUT2D eigenvalue weighted by molar-refractivity contribution is 9.10. The van der Waals surface area contributed by atoms with E-state index in [0.29, 0.717) is 4.47 Å². The van der Waals surface area contributed by atoms with Crippen LogP contribution < -0.4 is 4.74 Å². The predicted octanol–water partition coefficient (Wildman–Crippen LogP) is 2.64. The third kappa shape index (κ3) is 3.06. The van der Waals surface area contributed by atoms with Gasteiger partial charge in [-0.2, -0.15) is 4.98 Å². The fourth-order valence-corrected chi connectivity index (χ4v) is 1.62. The van der Waals surface area contributed by atoms with Crippen molar-refractivity contribution in [3.05, 3.63) is 50.7 Å². The highest BCUT2D eigenvalue weighted by atomic mass is 79.9. The number of rotatable bonds is 4. The zero-order valence-corrected chi connectivity index (χ0v) is 11.3. The van der Waals surface area contributed by atoms with E-state index >= 15 is 0 Å². The Morgan fingerprint density at radius 1 is 1.40 bits per heavy atom. The number of hydrogen-bond donors (Lipinski definition) is 1. The smallest absolute Gasteiger partial charge is 0.354 e. The molecule has 0 unspecified atom stereocenters. The number of aromatic nitrogens is 2. The van der Waals surface area contributed by atoms with Crippen molar-refractivity contribution in [2.24, 2.45) is 0 Å². The number of nitrogens with zero attached hydrogens (tertiary/aromatic N) is 3. The van der Waals surface area contributed by atoms with E-state index in [2.05, 4.69) is 25.9 Å². The van der Waals surface area contributed by atoms with E-state index in [-0.39, 0.29) is 23.1 Å². The second-order valence-electron chi connectivity index (χ2n) is 3.50. The lowest BCUT2D eigenvalue weighted by atomic mass is 10.3. The molecule has 1 aromatic heterocycles. The summed E-state index contributed by atoms with van der Waals surface area (Å²) in [5.41, 5.74) is -0.408. The Morgan fingerprint density at radius 3 is 2.80 bits per heavy atom. The van der Waals surface area contributed by atoms with Crippen LogP contribution in [0.3, 0.4) is 0 Å². The van der Waals surface area contributed by atoms with Gasteiger partial charge in [0.15, 0.2) is 11.4 Å². The van der Waals surface area contributed by atoms with Gasteiger partial charge < -0.3 is 9.84 Å². The van der Waals surface area contributed by atoms with Gasteiger partial charge in [0, 0.05) is 12.3 Å². The molecule has 2 rings (SSSR count). The van der Waals surface area contributed by atoms with Crippen LogP contribution in [0.15, 0.2) is 34.9 Å². The monoisotopic (exact) mass is 339 g/mol. The average Bonchev–Trinajstić information content (AvgIpc) is 2.41. The van der Waals surface area contributed by atoms with E-state index in [1.807, 2.05) is 0 Å². The molecule has 0 saturated carbocycles. The van der Waals surface area contributed by atoms with Crippen LogP contribution in [0.1, 0.15) is 10.5 Å². The van der Waals surface area contributed by atoms with Crippen LogP contribution in [0.4, 0.5) is 5.69 Å². The van der Waals surface area contributed by atoms with Crippen LogP contribution in [0.5, 0.6) is 11.8 Å². The van der Waals surface area contributed by atoms with Gasteiger partial charge in [0.1, 0.15) is 0 Å². The zero-order valence-electron chi connectivity index (χ0n) is 9.69. The molecule has 20 heavy (non-hydrogen) atoms. The predicted molar refractivity (Wildman–Crippen MR) is 69.9 cm³/mol. The van der Waals surface area contributed by atoms with Gasteiger partial charge in [0.2, 0.25) is 0 Å². The fraction of sp³-hybridized carbons (Fsp3) is 0. The van der Waals surface area contributed by atoms with Crippen LogP contribution >= 0.6 is 15.9 Å². The number of nitro groups is 1. The van der Waals surface area contributed by atoms with Crippen molar-refractivity contribution in [2.45, 2.75) is 0 Å².